The zero-order valence-electron chi connectivity index (χ0n) is 7.05. The molecule has 1 amide bonds. The third kappa shape index (κ3) is 2.38. The largest absolute Gasteiger partial charge is 0.326 e. The van der Waals surface area contributed by atoms with Crippen molar-refractivity contribution >= 4 is 35.3 Å². The zero-order chi connectivity index (χ0) is 10.6. The molecular formula is C9H6Cl2N2O. The lowest BCUT2D eigenvalue weighted by Gasteiger charge is -2.06. The van der Waals surface area contributed by atoms with Crippen molar-refractivity contribution in [2.45, 2.75) is 6.42 Å². The lowest BCUT2D eigenvalue weighted by atomic mass is 10.1. The number of amides is 1. The van der Waals surface area contributed by atoms with Crippen molar-refractivity contribution in [2.75, 3.05) is 5.32 Å². The van der Waals surface area contributed by atoms with E-state index in [1.807, 2.05) is 6.07 Å². The molecule has 0 atom stereocenters. The van der Waals surface area contributed by atoms with E-state index in [0.717, 1.165) is 5.56 Å². The van der Waals surface area contributed by atoms with Crippen molar-refractivity contribution in [3.8, 4) is 6.07 Å². The highest BCUT2D eigenvalue weighted by Crippen LogP contribution is 2.31. The van der Waals surface area contributed by atoms with Crippen LogP contribution in [0.15, 0.2) is 12.1 Å². The zero-order valence-corrected chi connectivity index (χ0v) is 8.56. The first kappa shape index (κ1) is 10.8. The van der Waals surface area contributed by atoms with E-state index in [2.05, 4.69) is 5.32 Å². The number of hydrogen-bond acceptors (Lipinski definition) is 2. The number of rotatable bonds is 3. The van der Waals surface area contributed by atoms with Gasteiger partial charge < -0.3 is 5.32 Å². The van der Waals surface area contributed by atoms with Crippen LogP contribution in [0.5, 0.6) is 0 Å². The fourth-order valence-electron chi connectivity index (χ4n) is 1.02. The molecule has 0 radical (unpaired) electrons. The molecule has 0 heterocycles. The Labute approximate surface area is 91.2 Å². The normalized spacial score (nSPS) is 9.21. The molecule has 0 spiro atoms. The van der Waals surface area contributed by atoms with Crippen LogP contribution < -0.4 is 5.32 Å². The maximum atomic E-state index is 10.2. The van der Waals surface area contributed by atoms with E-state index in [4.69, 9.17) is 28.5 Å². The minimum atomic E-state index is 0.237. The first-order valence-electron chi connectivity index (χ1n) is 3.74. The molecule has 1 N–H and O–H groups in total. The number of carbonyl (C=O) groups excluding carboxylic acids is 1. The number of nitriles is 1. The van der Waals surface area contributed by atoms with Crippen molar-refractivity contribution in [2.24, 2.45) is 0 Å². The van der Waals surface area contributed by atoms with E-state index in [-0.39, 0.29) is 6.42 Å². The maximum absolute atomic E-state index is 10.2. The Morgan fingerprint density at radius 3 is 2.43 bits per heavy atom. The molecule has 0 aliphatic carbocycles. The first-order valence-corrected chi connectivity index (χ1v) is 4.49. The van der Waals surface area contributed by atoms with E-state index in [1.54, 1.807) is 12.1 Å². The van der Waals surface area contributed by atoms with Crippen LogP contribution >= 0.6 is 23.2 Å². The molecule has 3 nitrogen and oxygen atoms in total. The van der Waals surface area contributed by atoms with Crippen molar-refractivity contribution in [3.05, 3.63) is 27.7 Å². The Kier molecular flexibility index (Phi) is 3.75. The van der Waals surface area contributed by atoms with Gasteiger partial charge in [0.1, 0.15) is 0 Å². The summed E-state index contributed by atoms with van der Waals surface area (Å²) < 4.78 is 0. The van der Waals surface area contributed by atoms with Gasteiger partial charge in [-0.25, -0.2) is 0 Å². The maximum Gasteiger partial charge on any atom is 0.211 e. The third-order valence-corrected chi connectivity index (χ3v) is 2.18. The fourth-order valence-corrected chi connectivity index (χ4v) is 1.66. The molecule has 0 bridgehead atoms. The third-order valence-electron chi connectivity index (χ3n) is 1.59. The predicted octanol–water partition coefficient (Wildman–Crippen LogP) is 2.63. The second-order valence-corrected chi connectivity index (χ2v) is 3.35. The smallest absolute Gasteiger partial charge is 0.211 e. The Bertz CT molecular complexity index is 375. The SMILES string of the molecule is N#CCc1cc(Cl)c(NC=O)c(Cl)c1. The van der Waals surface area contributed by atoms with Crippen molar-refractivity contribution < 1.29 is 4.79 Å². The molecule has 0 aromatic heterocycles. The van der Waals surface area contributed by atoms with Crippen LogP contribution in [-0.4, -0.2) is 6.41 Å². The number of nitrogens with one attached hydrogen (secondary N) is 1. The molecular weight excluding hydrogens is 223 g/mol. The molecule has 0 saturated heterocycles. The molecule has 0 aliphatic rings. The fraction of sp³-hybridized carbons (Fsp3) is 0.111. The number of carbonyl (C=O) groups is 1. The summed E-state index contributed by atoms with van der Waals surface area (Å²) >= 11 is 11.7. The lowest BCUT2D eigenvalue weighted by Crippen LogP contribution is -1.96. The quantitative estimate of drug-likeness (QED) is 0.810. The van der Waals surface area contributed by atoms with Crippen molar-refractivity contribution in [1.29, 1.82) is 5.26 Å². The minimum absolute atomic E-state index is 0.237. The van der Waals surface area contributed by atoms with E-state index in [1.165, 1.54) is 0 Å². The predicted molar refractivity (Wildman–Crippen MR) is 55.5 cm³/mol. The van der Waals surface area contributed by atoms with Crippen LogP contribution in [0.1, 0.15) is 5.56 Å². The summed E-state index contributed by atoms with van der Waals surface area (Å²) in [5.41, 5.74) is 1.09. The molecule has 1 aromatic rings. The summed E-state index contributed by atoms with van der Waals surface area (Å²) in [5.74, 6) is 0. The first-order chi connectivity index (χ1) is 6.69. The van der Waals surface area contributed by atoms with Gasteiger partial charge >= 0.3 is 0 Å². The topological polar surface area (TPSA) is 52.9 Å². The van der Waals surface area contributed by atoms with Crippen LogP contribution in [0.2, 0.25) is 10.0 Å². The highest BCUT2D eigenvalue weighted by molar-refractivity contribution is 6.39. The number of nitrogens with zero attached hydrogens (tertiary/aromatic N) is 1. The van der Waals surface area contributed by atoms with Gasteiger partial charge in [0, 0.05) is 0 Å². The van der Waals surface area contributed by atoms with Gasteiger partial charge in [-0.3, -0.25) is 4.79 Å². The van der Waals surface area contributed by atoms with Crippen LogP contribution in [0.25, 0.3) is 0 Å². The molecule has 0 saturated carbocycles. The van der Waals surface area contributed by atoms with Gasteiger partial charge in [-0.2, -0.15) is 5.26 Å². The van der Waals surface area contributed by atoms with E-state index in [0.29, 0.717) is 22.1 Å². The van der Waals surface area contributed by atoms with Crippen molar-refractivity contribution in [3.63, 3.8) is 0 Å². The van der Waals surface area contributed by atoms with Crippen LogP contribution in [0.3, 0.4) is 0 Å². The van der Waals surface area contributed by atoms with Gasteiger partial charge in [-0.05, 0) is 17.7 Å². The van der Waals surface area contributed by atoms with Gasteiger partial charge in [0.2, 0.25) is 6.41 Å². The van der Waals surface area contributed by atoms with Crippen LogP contribution in [0, 0.1) is 11.3 Å². The summed E-state index contributed by atoms with van der Waals surface area (Å²) in [6.45, 7) is 0. The van der Waals surface area contributed by atoms with E-state index >= 15 is 0 Å². The molecule has 14 heavy (non-hydrogen) atoms. The number of halogens is 2. The Balaban J connectivity index is 3.12. The molecule has 5 heteroatoms. The van der Waals surface area contributed by atoms with Crippen LogP contribution in [-0.2, 0) is 11.2 Å². The van der Waals surface area contributed by atoms with Gasteiger partial charge in [0.25, 0.3) is 0 Å². The summed E-state index contributed by atoms with van der Waals surface area (Å²) in [6, 6.07) is 5.18. The standard InChI is InChI=1S/C9H6Cl2N2O/c10-7-3-6(1-2-12)4-8(11)9(7)13-5-14/h3-5H,1H2,(H,13,14). The Morgan fingerprint density at radius 2 is 2.00 bits per heavy atom. The average molecular weight is 229 g/mol. The molecule has 72 valence electrons. The van der Waals surface area contributed by atoms with E-state index < -0.39 is 0 Å². The molecule has 0 aliphatic heterocycles. The second kappa shape index (κ2) is 4.85. The highest BCUT2D eigenvalue weighted by Gasteiger charge is 2.07. The highest BCUT2D eigenvalue weighted by atomic mass is 35.5. The van der Waals surface area contributed by atoms with Gasteiger partial charge in [0.05, 0.1) is 28.2 Å². The number of benzene rings is 1. The summed E-state index contributed by atoms with van der Waals surface area (Å²) in [6.07, 6.45) is 0.734. The molecule has 1 rings (SSSR count). The van der Waals surface area contributed by atoms with Crippen molar-refractivity contribution in [1.82, 2.24) is 0 Å². The lowest BCUT2D eigenvalue weighted by molar-refractivity contribution is -0.105. The summed E-state index contributed by atoms with van der Waals surface area (Å²) in [5, 5.41) is 11.5. The van der Waals surface area contributed by atoms with Gasteiger partial charge in [0.15, 0.2) is 0 Å². The number of anilines is 1. The second-order valence-electron chi connectivity index (χ2n) is 2.53. The molecule has 0 fully saturated rings. The monoisotopic (exact) mass is 228 g/mol. The summed E-state index contributed by atoms with van der Waals surface area (Å²) in [7, 11) is 0. The minimum Gasteiger partial charge on any atom is -0.326 e. The molecule has 0 unspecified atom stereocenters. The van der Waals surface area contributed by atoms with Gasteiger partial charge in [-0.1, -0.05) is 23.2 Å². The van der Waals surface area contributed by atoms with E-state index in [9.17, 15) is 4.79 Å². The summed E-state index contributed by atoms with van der Waals surface area (Å²) in [4.78, 5) is 10.2. The van der Waals surface area contributed by atoms with Crippen LogP contribution in [0.4, 0.5) is 5.69 Å². The Morgan fingerprint density at radius 1 is 1.43 bits per heavy atom. The molecule has 1 aromatic carbocycles. The average Bonchev–Trinajstić information content (AvgIpc) is 2.12. The van der Waals surface area contributed by atoms with Gasteiger partial charge in [-0.15, -0.1) is 0 Å². The Hall–Kier alpha value is -1.24. The number of hydrogen-bond donors (Lipinski definition) is 1.